The summed E-state index contributed by atoms with van der Waals surface area (Å²) < 4.78 is 28.2. The Morgan fingerprint density at radius 1 is 0.825 bits per heavy atom. The number of benzene rings is 4. The predicted molar refractivity (Wildman–Crippen MR) is 161 cm³/mol. The Morgan fingerprint density at radius 2 is 1.48 bits per heavy atom. The number of carbonyl (C=O) groups excluding carboxylic acids is 2. The molecule has 0 fully saturated rings. The molecule has 4 aromatic rings. The van der Waals surface area contributed by atoms with E-state index in [4.69, 9.17) is 11.6 Å². The molecule has 40 heavy (non-hydrogen) atoms. The fraction of sp³-hybridized carbons (Fsp3) is 0.188. The summed E-state index contributed by atoms with van der Waals surface area (Å²) in [5.41, 5.74) is 3.48. The number of hydrogen-bond acceptors (Lipinski definition) is 4. The minimum Gasteiger partial charge on any atom is -0.324 e. The van der Waals surface area contributed by atoms with Gasteiger partial charge in [-0.15, -0.1) is 0 Å². The smallest absolute Gasteiger partial charge is 0.264 e. The molecule has 0 saturated heterocycles. The van der Waals surface area contributed by atoms with Crippen molar-refractivity contribution in [2.24, 2.45) is 0 Å². The van der Waals surface area contributed by atoms with Crippen LogP contribution < -0.4 is 9.62 Å². The maximum absolute atomic E-state index is 13.6. The van der Waals surface area contributed by atoms with Crippen molar-refractivity contribution in [3.63, 3.8) is 0 Å². The summed E-state index contributed by atoms with van der Waals surface area (Å²) in [7, 11) is -4.12. The van der Waals surface area contributed by atoms with E-state index in [2.05, 4.69) is 26.1 Å². The molecule has 0 aromatic heterocycles. The molecule has 0 aliphatic carbocycles. The summed E-state index contributed by atoms with van der Waals surface area (Å²) in [6.45, 7) is 7.65. The number of rotatable bonds is 8. The quantitative estimate of drug-likeness (QED) is 0.229. The van der Waals surface area contributed by atoms with Gasteiger partial charge in [0.15, 0.2) is 5.78 Å². The van der Waals surface area contributed by atoms with Crippen LogP contribution >= 0.6 is 11.6 Å². The molecule has 4 aromatic carbocycles. The van der Waals surface area contributed by atoms with Crippen LogP contribution in [0.25, 0.3) is 0 Å². The van der Waals surface area contributed by atoms with E-state index in [1.807, 2.05) is 19.1 Å². The van der Waals surface area contributed by atoms with Gasteiger partial charge >= 0.3 is 0 Å². The van der Waals surface area contributed by atoms with Gasteiger partial charge in [0, 0.05) is 16.8 Å². The third-order valence-corrected chi connectivity index (χ3v) is 8.53. The summed E-state index contributed by atoms with van der Waals surface area (Å²) >= 11 is 6.35. The third-order valence-electron chi connectivity index (χ3n) is 6.44. The molecule has 0 spiro atoms. The van der Waals surface area contributed by atoms with Gasteiger partial charge in [-0.2, -0.15) is 0 Å². The van der Waals surface area contributed by atoms with Crippen molar-refractivity contribution in [2.45, 2.75) is 38.0 Å². The first-order chi connectivity index (χ1) is 18.9. The molecular formula is C32H31ClN2O4S. The van der Waals surface area contributed by atoms with Gasteiger partial charge < -0.3 is 5.32 Å². The molecule has 6 nitrogen and oxygen atoms in total. The van der Waals surface area contributed by atoms with E-state index in [-0.39, 0.29) is 26.8 Å². The number of halogens is 1. The summed E-state index contributed by atoms with van der Waals surface area (Å²) in [5.74, 6) is -0.772. The highest BCUT2D eigenvalue weighted by atomic mass is 35.5. The molecule has 1 N–H and O–H groups in total. The summed E-state index contributed by atoms with van der Waals surface area (Å²) in [4.78, 5) is 26.4. The summed E-state index contributed by atoms with van der Waals surface area (Å²) in [5, 5.41) is 2.92. The molecule has 0 saturated carbocycles. The molecule has 206 valence electrons. The van der Waals surface area contributed by atoms with Crippen molar-refractivity contribution in [2.75, 3.05) is 16.2 Å². The zero-order chi connectivity index (χ0) is 29.1. The van der Waals surface area contributed by atoms with E-state index in [0.29, 0.717) is 16.8 Å². The van der Waals surface area contributed by atoms with Crippen LogP contribution in [0.1, 0.15) is 47.8 Å². The van der Waals surface area contributed by atoms with Gasteiger partial charge in [-0.05, 0) is 54.3 Å². The van der Waals surface area contributed by atoms with Gasteiger partial charge in [0.25, 0.3) is 10.0 Å². The highest BCUT2D eigenvalue weighted by molar-refractivity contribution is 7.92. The second-order valence-electron chi connectivity index (χ2n) is 10.6. The molecule has 0 heterocycles. The third kappa shape index (κ3) is 6.61. The Kier molecular flexibility index (Phi) is 8.47. The maximum Gasteiger partial charge on any atom is 0.264 e. The molecule has 4 rings (SSSR count). The van der Waals surface area contributed by atoms with Crippen LogP contribution in [0.3, 0.4) is 0 Å². The number of hydrogen-bond donors (Lipinski definition) is 1. The van der Waals surface area contributed by atoms with E-state index >= 15 is 0 Å². The molecule has 0 bridgehead atoms. The second-order valence-corrected chi connectivity index (χ2v) is 12.8. The number of para-hydroxylation sites is 1. The number of carbonyl (C=O) groups is 2. The lowest BCUT2D eigenvalue weighted by atomic mass is 9.86. The number of anilines is 2. The number of amides is 1. The first-order valence-corrected chi connectivity index (χ1v) is 14.6. The summed E-state index contributed by atoms with van der Waals surface area (Å²) in [6, 6.07) is 26.9. The lowest BCUT2D eigenvalue weighted by Crippen LogP contribution is -2.38. The van der Waals surface area contributed by atoms with Crippen LogP contribution in [0.2, 0.25) is 5.02 Å². The maximum atomic E-state index is 13.6. The Labute approximate surface area is 240 Å². The lowest BCUT2D eigenvalue weighted by molar-refractivity contribution is -0.114. The fourth-order valence-corrected chi connectivity index (χ4v) is 5.88. The van der Waals surface area contributed by atoms with Crippen molar-refractivity contribution in [1.29, 1.82) is 0 Å². The van der Waals surface area contributed by atoms with E-state index in [0.717, 1.165) is 15.4 Å². The van der Waals surface area contributed by atoms with E-state index in [9.17, 15) is 18.0 Å². The predicted octanol–water partition coefficient (Wildman–Crippen LogP) is 7.01. The van der Waals surface area contributed by atoms with Gasteiger partial charge in [-0.3, -0.25) is 13.9 Å². The van der Waals surface area contributed by atoms with Crippen LogP contribution in [0.4, 0.5) is 11.4 Å². The first kappa shape index (κ1) is 29.1. The van der Waals surface area contributed by atoms with Crippen LogP contribution in [0.5, 0.6) is 0 Å². The van der Waals surface area contributed by atoms with E-state index < -0.39 is 22.5 Å². The molecule has 0 aliphatic heterocycles. The van der Waals surface area contributed by atoms with Gasteiger partial charge in [0.05, 0.1) is 15.6 Å². The first-order valence-electron chi connectivity index (χ1n) is 12.8. The average molecular weight is 575 g/mol. The van der Waals surface area contributed by atoms with Gasteiger partial charge in [-0.1, -0.05) is 98.6 Å². The molecule has 1 amide bonds. The van der Waals surface area contributed by atoms with Crippen molar-refractivity contribution in [3.8, 4) is 0 Å². The molecule has 0 aliphatic rings. The van der Waals surface area contributed by atoms with Gasteiger partial charge in [0.2, 0.25) is 5.91 Å². The van der Waals surface area contributed by atoms with Crippen molar-refractivity contribution in [1.82, 2.24) is 0 Å². The number of ketones is 1. The Bertz CT molecular complexity index is 1640. The summed E-state index contributed by atoms with van der Waals surface area (Å²) in [6.07, 6.45) is 0. The van der Waals surface area contributed by atoms with Crippen molar-refractivity contribution >= 4 is 44.7 Å². The van der Waals surface area contributed by atoms with Crippen LogP contribution in [-0.4, -0.2) is 26.7 Å². The van der Waals surface area contributed by atoms with Crippen LogP contribution in [-0.2, 0) is 20.2 Å². The van der Waals surface area contributed by atoms with Crippen molar-refractivity contribution < 1.29 is 18.0 Å². The number of nitrogens with one attached hydrogen (secondary N) is 1. The van der Waals surface area contributed by atoms with Crippen LogP contribution in [0, 0.1) is 6.92 Å². The Hall–Kier alpha value is -3.94. The van der Waals surface area contributed by atoms with E-state index in [1.54, 1.807) is 72.8 Å². The highest BCUT2D eigenvalue weighted by Crippen LogP contribution is 2.30. The van der Waals surface area contributed by atoms with Gasteiger partial charge in [-0.25, -0.2) is 8.42 Å². The molecule has 0 atom stereocenters. The molecular weight excluding hydrogens is 544 g/mol. The number of aryl methyl sites for hydroxylation is 1. The zero-order valence-electron chi connectivity index (χ0n) is 22.8. The topological polar surface area (TPSA) is 83.6 Å². The average Bonchev–Trinajstić information content (AvgIpc) is 2.92. The Morgan fingerprint density at radius 3 is 2.10 bits per heavy atom. The normalized spacial score (nSPS) is 11.6. The monoisotopic (exact) mass is 574 g/mol. The second kappa shape index (κ2) is 11.7. The standard InChI is InChI=1S/C32H31ClN2O4S/c1-22-12-18-27(19-13-22)40(38,39)35(29-11-6-5-10-28(29)33)21-30(36)34-26-9-7-8-24(20-26)31(37)23-14-16-25(17-15-23)32(2,3)4/h5-20H,21H2,1-4H3,(H,34,36). The fourth-order valence-electron chi connectivity index (χ4n) is 4.15. The van der Waals surface area contributed by atoms with E-state index in [1.165, 1.54) is 12.1 Å². The molecule has 0 unspecified atom stereocenters. The molecule has 0 radical (unpaired) electrons. The molecule has 8 heteroatoms. The lowest BCUT2D eigenvalue weighted by Gasteiger charge is -2.25. The number of sulfonamides is 1. The zero-order valence-corrected chi connectivity index (χ0v) is 24.4. The minimum absolute atomic E-state index is 0.0312. The minimum atomic E-state index is -4.12. The number of nitrogens with zero attached hydrogens (tertiary/aromatic N) is 1. The highest BCUT2D eigenvalue weighted by Gasteiger charge is 2.29. The SMILES string of the molecule is Cc1ccc(S(=O)(=O)N(CC(=O)Nc2cccc(C(=O)c3ccc(C(C)(C)C)cc3)c2)c2ccccc2Cl)cc1. The largest absolute Gasteiger partial charge is 0.324 e. The van der Waals surface area contributed by atoms with Crippen molar-refractivity contribution in [3.05, 3.63) is 124 Å². The van der Waals surface area contributed by atoms with Gasteiger partial charge in [0.1, 0.15) is 6.54 Å². The van der Waals surface area contributed by atoms with Crippen LogP contribution in [0.15, 0.2) is 102 Å². The Balaban J connectivity index is 1.57.